The summed E-state index contributed by atoms with van der Waals surface area (Å²) in [5.41, 5.74) is 5.94. The number of methoxy groups -OCH3 is 1. The number of benzene rings is 2. The summed E-state index contributed by atoms with van der Waals surface area (Å²) in [6, 6.07) is 17.9. The number of ether oxygens (including phenoxy) is 1. The number of imidazole rings is 1. The highest BCUT2D eigenvalue weighted by Gasteiger charge is 2.16. The fourth-order valence-corrected chi connectivity index (χ4v) is 4.52. The predicted octanol–water partition coefficient (Wildman–Crippen LogP) is 4.51. The van der Waals surface area contributed by atoms with Crippen LogP contribution < -0.4 is 10.1 Å². The molecule has 0 saturated carbocycles. The highest BCUT2D eigenvalue weighted by molar-refractivity contribution is 7.99. The van der Waals surface area contributed by atoms with E-state index in [-0.39, 0.29) is 5.91 Å². The second-order valence-electron chi connectivity index (χ2n) is 7.57. The quantitative estimate of drug-likeness (QED) is 0.403. The molecule has 0 aliphatic rings. The maximum atomic E-state index is 12.5. The van der Waals surface area contributed by atoms with Crippen LogP contribution in [0.4, 0.5) is 0 Å². The van der Waals surface area contributed by atoms with Crippen molar-refractivity contribution in [1.82, 2.24) is 19.9 Å². The van der Waals surface area contributed by atoms with E-state index in [2.05, 4.69) is 14.9 Å². The molecule has 2 aromatic carbocycles. The number of hydrogen-bond acceptors (Lipinski definition) is 5. The van der Waals surface area contributed by atoms with Gasteiger partial charge in [-0.15, -0.1) is 0 Å². The summed E-state index contributed by atoms with van der Waals surface area (Å²) in [6.07, 6.45) is 1.84. The summed E-state index contributed by atoms with van der Waals surface area (Å²) in [7, 11) is 1.68. The van der Waals surface area contributed by atoms with Gasteiger partial charge in [-0.05, 0) is 31.5 Å². The summed E-state index contributed by atoms with van der Waals surface area (Å²) in [4.78, 5) is 21.9. The van der Waals surface area contributed by atoms with Crippen molar-refractivity contribution in [3.63, 3.8) is 0 Å². The molecule has 0 aliphatic heterocycles. The van der Waals surface area contributed by atoms with Gasteiger partial charge in [-0.25, -0.2) is 4.98 Å². The van der Waals surface area contributed by atoms with Crippen molar-refractivity contribution in [2.75, 3.05) is 12.9 Å². The molecule has 1 N–H and O–H groups in total. The third kappa shape index (κ3) is 4.78. The molecular formula is C25H26N4O2S. The second-order valence-corrected chi connectivity index (χ2v) is 8.51. The van der Waals surface area contributed by atoms with E-state index in [0.29, 0.717) is 18.8 Å². The SMILES string of the molecule is COc1c(C)cnc(Cn2c(SCC(=O)NCc3ccccc3)nc3ccccc32)c1C. The van der Waals surface area contributed by atoms with E-state index >= 15 is 0 Å². The number of fused-ring (bicyclic) bond motifs is 1. The first-order valence-corrected chi connectivity index (χ1v) is 11.4. The number of rotatable bonds is 8. The molecule has 0 fully saturated rings. The molecule has 4 rings (SSSR count). The molecule has 7 heteroatoms. The number of nitrogens with zero attached hydrogens (tertiary/aromatic N) is 3. The first-order valence-electron chi connectivity index (χ1n) is 10.4. The Morgan fingerprint density at radius 1 is 1.09 bits per heavy atom. The Hall–Kier alpha value is -3.32. The van der Waals surface area contributed by atoms with Crippen molar-refractivity contribution < 1.29 is 9.53 Å². The van der Waals surface area contributed by atoms with Crippen molar-refractivity contribution in [2.45, 2.75) is 32.1 Å². The third-order valence-corrected chi connectivity index (χ3v) is 6.32. The number of carbonyl (C=O) groups excluding carboxylic acids is 1. The van der Waals surface area contributed by atoms with Gasteiger partial charge in [0, 0.05) is 23.9 Å². The maximum Gasteiger partial charge on any atom is 0.230 e. The number of carbonyl (C=O) groups is 1. The molecule has 0 unspecified atom stereocenters. The lowest BCUT2D eigenvalue weighted by molar-refractivity contribution is -0.118. The van der Waals surface area contributed by atoms with E-state index in [1.54, 1.807) is 7.11 Å². The van der Waals surface area contributed by atoms with Gasteiger partial charge in [0.15, 0.2) is 5.16 Å². The standard InChI is InChI=1S/C25H26N4O2S/c1-17-13-26-21(18(2)24(17)31-3)15-29-22-12-8-7-11-20(22)28-25(29)32-16-23(30)27-14-19-9-5-4-6-10-19/h4-13H,14-16H2,1-3H3,(H,27,30). The lowest BCUT2D eigenvalue weighted by atomic mass is 10.1. The van der Waals surface area contributed by atoms with E-state index in [0.717, 1.165) is 44.3 Å². The maximum absolute atomic E-state index is 12.5. The molecule has 6 nitrogen and oxygen atoms in total. The summed E-state index contributed by atoms with van der Waals surface area (Å²) in [6.45, 7) is 5.08. The van der Waals surface area contributed by atoms with Gasteiger partial charge < -0.3 is 14.6 Å². The zero-order chi connectivity index (χ0) is 22.5. The molecule has 0 saturated heterocycles. The van der Waals surface area contributed by atoms with E-state index in [9.17, 15) is 4.79 Å². The van der Waals surface area contributed by atoms with Gasteiger partial charge in [0.1, 0.15) is 5.75 Å². The van der Waals surface area contributed by atoms with Crippen molar-refractivity contribution in [1.29, 1.82) is 0 Å². The Bertz CT molecular complexity index is 1240. The van der Waals surface area contributed by atoms with Crippen molar-refractivity contribution in [3.8, 4) is 5.75 Å². The third-order valence-electron chi connectivity index (χ3n) is 5.34. The van der Waals surface area contributed by atoms with E-state index in [1.807, 2.05) is 74.6 Å². The first-order chi connectivity index (χ1) is 15.6. The van der Waals surface area contributed by atoms with Crippen LogP contribution in [0.5, 0.6) is 5.75 Å². The van der Waals surface area contributed by atoms with Gasteiger partial charge >= 0.3 is 0 Å². The zero-order valence-corrected chi connectivity index (χ0v) is 19.3. The summed E-state index contributed by atoms with van der Waals surface area (Å²) in [5, 5.41) is 3.77. The first kappa shape index (κ1) is 21.9. The molecule has 32 heavy (non-hydrogen) atoms. The molecule has 2 heterocycles. The molecule has 0 spiro atoms. The lowest BCUT2D eigenvalue weighted by Gasteiger charge is -2.14. The molecule has 1 amide bonds. The van der Waals surface area contributed by atoms with Gasteiger partial charge in [0.25, 0.3) is 0 Å². The van der Waals surface area contributed by atoms with E-state index in [4.69, 9.17) is 9.72 Å². The van der Waals surface area contributed by atoms with Gasteiger partial charge in [0.2, 0.25) is 5.91 Å². The molecule has 164 valence electrons. The largest absolute Gasteiger partial charge is 0.496 e. The summed E-state index contributed by atoms with van der Waals surface area (Å²) < 4.78 is 7.69. The van der Waals surface area contributed by atoms with Gasteiger partial charge in [-0.1, -0.05) is 54.2 Å². The Labute approximate surface area is 192 Å². The summed E-state index contributed by atoms with van der Waals surface area (Å²) in [5.74, 6) is 1.12. The van der Waals surface area contributed by atoms with Crippen LogP contribution in [0.15, 0.2) is 66.0 Å². The van der Waals surface area contributed by atoms with Crippen LogP contribution in [0.2, 0.25) is 0 Å². The van der Waals surface area contributed by atoms with Crippen molar-refractivity contribution in [2.24, 2.45) is 0 Å². The van der Waals surface area contributed by atoms with Gasteiger partial charge in [0.05, 0.1) is 36.1 Å². The lowest BCUT2D eigenvalue weighted by Crippen LogP contribution is -2.24. The van der Waals surface area contributed by atoms with Crippen LogP contribution >= 0.6 is 11.8 Å². The number of nitrogens with one attached hydrogen (secondary N) is 1. The minimum atomic E-state index is -0.0243. The zero-order valence-electron chi connectivity index (χ0n) is 18.5. The average Bonchev–Trinajstić information content (AvgIpc) is 3.16. The van der Waals surface area contributed by atoms with E-state index in [1.165, 1.54) is 11.8 Å². The fourth-order valence-electron chi connectivity index (χ4n) is 3.67. The number of amides is 1. The Morgan fingerprint density at radius 3 is 2.62 bits per heavy atom. The monoisotopic (exact) mass is 446 g/mol. The minimum Gasteiger partial charge on any atom is -0.496 e. The average molecular weight is 447 g/mol. The Morgan fingerprint density at radius 2 is 1.84 bits per heavy atom. The fraction of sp³-hybridized carbons (Fsp3) is 0.240. The molecule has 0 bridgehead atoms. The van der Waals surface area contributed by atoms with Crippen molar-refractivity contribution >= 4 is 28.7 Å². The molecule has 0 radical (unpaired) electrons. The normalized spacial score (nSPS) is 11.0. The van der Waals surface area contributed by atoms with Crippen LogP contribution in [0.1, 0.15) is 22.4 Å². The van der Waals surface area contributed by atoms with Gasteiger partial charge in [-0.3, -0.25) is 9.78 Å². The number of hydrogen-bond donors (Lipinski definition) is 1. The smallest absolute Gasteiger partial charge is 0.230 e. The highest BCUT2D eigenvalue weighted by Crippen LogP contribution is 2.28. The summed E-state index contributed by atoms with van der Waals surface area (Å²) >= 11 is 1.44. The predicted molar refractivity (Wildman–Crippen MR) is 128 cm³/mol. The highest BCUT2D eigenvalue weighted by atomic mass is 32.2. The molecule has 0 aliphatic carbocycles. The van der Waals surface area contributed by atoms with E-state index < -0.39 is 0 Å². The number of aromatic nitrogens is 3. The van der Waals surface area contributed by atoms with Crippen molar-refractivity contribution in [3.05, 3.63) is 83.2 Å². The second kappa shape index (κ2) is 9.87. The molecule has 4 aromatic rings. The molecule has 2 aromatic heterocycles. The van der Waals surface area contributed by atoms with Crippen LogP contribution in [0.25, 0.3) is 11.0 Å². The molecule has 0 atom stereocenters. The number of aryl methyl sites for hydroxylation is 1. The number of para-hydroxylation sites is 2. The van der Waals surface area contributed by atoms with Crippen LogP contribution in [0.3, 0.4) is 0 Å². The Balaban J connectivity index is 1.54. The number of thioether (sulfide) groups is 1. The topological polar surface area (TPSA) is 69.0 Å². The van der Waals surface area contributed by atoms with Crippen LogP contribution in [-0.2, 0) is 17.9 Å². The van der Waals surface area contributed by atoms with Gasteiger partial charge in [-0.2, -0.15) is 0 Å². The minimum absolute atomic E-state index is 0.0243. The van der Waals surface area contributed by atoms with Crippen LogP contribution in [0, 0.1) is 13.8 Å². The number of pyridine rings is 1. The Kier molecular flexibility index (Phi) is 6.75. The molecular weight excluding hydrogens is 420 g/mol. The van der Waals surface area contributed by atoms with Crippen LogP contribution in [-0.4, -0.2) is 33.3 Å².